The number of carbonyl (C=O) groups excluding carboxylic acids is 1. The van der Waals surface area contributed by atoms with Crippen molar-refractivity contribution in [2.24, 2.45) is 11.8 Å². The van der Waals surface area contributed by atoms with Crippen molar-refractivity contribution in [3.63, 3.8) is 0 Å². The molecule has 8 nitrogen and oxygen atoms in total. The predicted octanol–water partition coefficient (Wildman–Crippen LogP) is -1.06. The summed E-state index contributed by atoms with van der Waals surface area (Å²) in [5.41, 5.74) is -0.217. The molecule has 2 aliphatic rings. The standard InChI is InChI=1S/C14H16N2O6S.2Na.2H/c1-6(17)9-10-7(5-8(18)19)12(23-4-2-3-15)11(14(21)22)16(10)13(9)20;;;;/h6-7,9-10,17H,2,4-5H2,1H3,(H,18,19)(H,21,22);;;;/t6-,7-,9-,10-;;;;/m1..../s1. The fraction of sp³-hybridized carbons (Fsp3) is 0.571. The third-order valence-corrected chi connectivity index (χ3v) is 5.22. The van der Waals surface area contributed by atoms with E-state index in [1.807, 2.05) is 6.07 Å². The summed E-state index contributed by atoms with van der Waals surface area (Å²) in [5, 5.41) is 36.9. The molecule has 2 aliphatic heterocycles. The molecule has 0 aliphatic carbocycles. The van der Waals surface area contributed by atoms with Gasteiger partial charge in [0.15, 0.2) is 0 Å². The SMILES string of the molecule is C[C@@H](O)[C@H]1C(=O)N2C(C(=O)O)=C(SCCC#N)[C@H](CC(=O)O)[C@H]12.[NaH].[NaH]. The second kappa shape index (κ2) is 10.3. The summed E-state index contributed by atoms with van der Waals surface area (Å²) in [6, 6.07) is 1.28. The average Bonchev–Trinajstić information content (AvgIpc) is 2.69. The van der Waals surface area contributed by atoms with Crippen LogP contribution in [0, 0.1) is 23.2 Å². The second-order valence-corrected chi connectivity index (χ2v) is 6.58. The number of aliphatic hydroxyl groups is 1. The van der Waals surface area contributed by atoms with Crippen LogP contribution < -0.4 is 0 Å². The molecule has 0 spiro atoms. The fourth-order valence-corrected chi connectivity index (χ4v) is 4.33. The molecule has 0 radical (unpaired) electrons. The number of carboxylic acids is 2. The van der Waals surface area contributed by atoms with Crippen molar-refractivity contribution < 1.29 is 29.7 Å². The van der Waals surface area contributed by atoms with E-state index in [-0.39, 0.29) is 77.7 Å². The third-order valence-electron chi connectivity index (χ3n) is 4.00. The van der Waals surface area contributed by atoms with Crippen LogP contribution in [0.3, 0.4) is 0 Å². The maximum absolute atomic E-state index is 12.2. The van der Waals surface area contributed by atoms with Gasteiger partial charge in [-0.25, -0.2) is 4.79 Å². The van der Waals surface area contributed by atoms with Crippen LogP contribution in [-0.4, -0.2) is 115 Å². The fourth-order valence-electron chi connectivity index (χ4n) is 3.15. The van der Waals surface area contributed by atoms with Crippen LogP contribution in [0.25, 0.3) is 0 Å². The van der Waals surface area contributed by atoms with Crippen LogP contribution in [0.1, 0.15) is 19.8 Å². The van der Waals surface area contributed by atoms with E-state index in [1.165, 1.54) is 6.92 Å². The zero-order valence-corrected chi connectivity index (χ0v) is 13.1. The number of rotatable bonds is 7. The summed E-state index contributed by atoms with van der Waals surface area (Å²) in [4.78, 5) is 36.2. The molecule has 1 amide bonds. The number of hydrogen-bond donors (Lipinski definition) is 3. The van der Waals surface area contributed by atoms with Gasteiger partial charge in [-0.1, -0.05) is 0 Å². The molecule has 0 aromatic rings. The second-order valence-electron chi connectivity index (χ2n) is 5.44. The van der Waals surface area contributed by atoms with Crippen molar-refractivity contribution in [1.82, 2.24) is 4.90 Å². The molecule has 1 saturated heterocycles. The molecule has 2 heterocycles. The van der Waals surface area contributed by atoms with Gasteiger partial charge in [0.1, 0.15) is 5.70 Å². The molecule has 0 saturated carbocycles. The first-order valence-electron chi connectivity index (χ1n) is 7.01. The van der Waals surface area contributed by atoms with Gasteiger partial charge in [-0.2, -0.15) is 5.26 Å². The zero-order chi connectivity index (χ0) is 17.3. The number of nitriles is 1. The summed E-state index contributed by atoms with van der Waals surface area (Å²) in [6.45, 7) is 1.43. The average molecular weight is 388 g/mol. The molecular formula is C14H18N2Na2O6S. The van der Waals surface area contributed by atoms with E-state index in [1.54, 1.807) is 0 Å². The van der Waals surface area contributed by atoms with Gasteiger partial charge in [0.25, 0.3) is 0 Å². The molecule has 3 N–H and O–H groups in total. The van der Waals surface area contributed by atoms with Crippen LogP contribution in [0.4, 0.5) is 0 Å². The van der Waals surface area contributed by atoms with Crippen LogP contribution in [0.15, 0.2) is 10.6 Å². The van der Waals surface area contributed by atoms with Crippen molar-refractivity contribution in [2.45, 2.75) is 31.9 Å². The van der Waals surface area contributed by atoms with Gasteiger partial charge in [0, 0.05) is 23.0 Å². The van der Waals surface area contributed by atoms with Crippen LogP contribution in [0.2, 0.25) is 0 Å². The van der Waals surface area contributed by atoms with Crippen molar-refractivity contribution in [2.75, 3.05) is 5.75 Å². The van der Waals surface area contributed by atoms with Crippen LogP contribution in [0.5, 0.6) is 0 Å². The quantitative estimate of drug-likeness (QED) is 0.285. The number of carboxylic acid groups (broad SMARTS) is 2. The number of β-lactam (4-membered cyclic amide) rings is 1. The van der Waals surface area contributed by atoms with E-state index in [2.05, 4.69) is 0 Å². The molecule has 0 unspecified atom stereocenters. The van der Waals surface area contributed by atoms with Crippen molar-refractivity contribution in [3.05, 3.63) is 10.6 Å². The molecule has 4 atom stereocenters. The van der Waals surface area contributed by atoms with Crippen molar-refractivity contribution in [3.8, 4) is 6.07 Å². The molecule has 0 aromatic heterocycles. The Kier molecular flexibility index (Phi) is 10.3. The minimum atomic E-state index is -1.31. The number of fused-ring (bicyclic) bond motifs is 1. The Labute approximate surface area is 193 Å². The summed E-state index contributed by atoms with van der Waals surface area (Å²) in [7, 11) is 0. The summed E-state index contributed by atoms with van der Waals surface area (Å²) < 4.78 is 0. The Morgan fingerprint density at radius 3 is 2.40 bits per heavy atom. The number of carbonyl (C=O) groups is 3. The normalized spacial score (nSPS) is 25.1. The molecule has 128 valence electrons. The van der Waals surface area contributed by atoms with E-state index >= 15 is 0 Å². The molecule has 11 heteroatoms. The monoisotopic (exact) mass is 388 g/mol. The Morgan fingerprint density at radius 2 is 1.96 bits per heavy atom. The predicted molar refractivity (Wildman–Crippen MR) is 93.2 cm³/mol. The van der Waals surface area contributed by atoms with Gasteiger partial charge < -0.3 is 20.2 Å². The summed E-state index contributed by atoms with van der Waals surface area (Å²) in [5.74, 6) is -4.09. The number of aliphatic carboxylic acids is 2. The van der Waals surface area contributed by atoms with Gasteiger partial charge in [-0.05, 0) is 6.92 Å². The Hall–Kier alpha value is -0.0500. The molecule has 0 bridgehead atoms. The van der Waals surface area contributed by atoms with E-state index in [9.17, 15) is 24.6 Å². The van der Waals surface area contributed by atoms with Crippen LogP contribution in [-0.2, 0) is 14.4 Å². The zero-order valence-electron chi connectivity index (χ0n) is 12.3. The number of aliphatic hydroxyl groups excluding tert-OH is 1. The molecule has 0 aromatic carbocycles. The Morgan fingerprint density at radius 1 is 1.36 bits per heavy atom. The van der Waals surface area contributed by atoms with Gasteiger partial charge in [0.05, 0.1) is 30.6 Å². The summed E-state index contributed by atoms with van der Waals surface area (Å²) in [6.07, 6.45) is -1.14. The first kappa shape index (κ1) is 24.9. The number of amides is 1. The first-order chi connectivity index (χ1) is 10.8. The topological polar surface area (TPSA) is 139 Å². The number of hydrogen-bond acceptors (Lipinski definition) is 6. The van der Waals surface area contributed by atoms with Gasteiger partial charge in [-0.15, -0.1) is 11.8 Å². The summed E-state index contributed by atoms with van der Waals surface area (Å²) >= 11 is 1.10. The van der Waals surface area contributed by atoms with E-state index in [4.69, 9.17) is 10.4 Å². The van der Waals surface area contributed by atoms with Gasteiger partial charge >= 0.3 is 71.1 Å². The van der Waals surface area contributed by atoms with Crippen molar-refractivity contribution >= 4 is 88.7 Å². The van der Waals surface area contributed by atoms with E-state index in [0.717, 1.165) is 16.7 Å². The van der Waals surface area contributed by atoms with E-state index in [0.29, 0.717) is 10.7 Å². The first-order valence-corrected chi connectivity index (χ1v) is 8.00. The van der Waals surface area contributed by atoms with Crippen molar-refractivity contribution in [1.29, 1.82) is 5.26 Å². The molecule has 1 fully saturated rings. The molecule has 25 heavy (non-hydrogen) atoms. The third kappa shape index (κ3) is 4.82. The maximum atomic E-state index is 12.2. The van der Waals surface area contributed by atoms with Gasteiger partial charge in [0.2, 0.25) is 5.91 Å². The van der Waals surface area contributed by atoms with Gasteiger partial charge in [-0.3, -0.25) is 9.59 Å². The molecular weight excluding hydrogens is 370 g/mol. The Balaban J connectivity index is 0.00000288. The Bertz CT molecular complexity index is 633. The minimum absolute atomic E-state index is 0. The van der Waals surface area contributed by atoms with Crippen LogP contribution >= 0.6 is 11.8 Å². The number of thioether (sulfide) groups is 1. The molecule has 2 rings (SSSR count). The van der Waals surface area contributed by atoms with E-state index < -0.39 is 41.8 Å². The number of nitrogens with zero attached hydrogens (tertiary/aromatic N) is 2.